The highest BCUT2D eigenvalue weighted by atomic mass is 32.1. The molecule has 0 fully saturated rings. The largest absolute Gasteiger partial charge is 0.497 e. The Morgan fingerprint density at radius 3 is 2.87 bits per heavy atom. The van der Waals surface area contributed by atoms with Gasteiger partial charge >= 0.3 is 5.00 Å². The number of carbonyl (C=O) groups is 1. The first-order chi connectivity index (χ1) is 14.4. The van der Waals surface area contributed by atoms with Gasteiger partial charge in [0.15, 0.2) is 0 Å². The van der Waals surface area contributed by atoms with Gasteiger partial charge in [-0.15, -0.1) is 0 Å². The van der Waals surface area contributed by atoms with Crippen LogP contribution in [0.3, 0.4) is 0 Å². The van der Waals surface area contributed by atoms with Crippen LogP contribution in [0.15, 0.2) is 30.3 Å². The number of carbonyl (C=O) groups excluding carboxylic acids is 1. The van der Waals surface area contributed by atoms with E-state index in [1.165, 1.54) is 17.4 Å². The third-order valence-electron chi connectivity index (χ3n) is 5.00. The van der Waals surface area contributed by atoms with Crippen molar-refractivity contribution in [3.8, 4) is 10.9 Å². The molecule has 0 aliphatic carbocycles. The molecular formula is C19H15N5O4S2. The van der Waals surface area contributed by atoms with Gasteiger partial charge in [-0.1, -0.05) is 22.7 Å². The molecule has 1 amide bonds. The number of hydrogen-bond donors (Lipinski definition) is 1. The number of anilines is 1. The van der Waals surface area contributed by atoms with Gasteiger partial charge in [0.2, 0.25) is 11.0 Å². The van der Waals surface area contributed by atoms with E-state index in [0.717, 1.165) is 43.4 Å². The standard InChI is InChI=1S/C19H15N5O4S2/c1-9-17-11(13-5-6-16(29-13)24(26)27)8-15(25)21-18(17)23(22-9)19-20-12-4-3-10(28-2)7-14(12)30-19/h3-7,11H,8H2,1-2H3,(H,21,25). The Balaban J connectivity index is 1.63. The number of thiazole rings is 1. The molecule has 5 rings (SSSR count). The molecule has 1 aliphatic heterocycles. The summed E-state index contributed by atoms with van der Waals surface area (Å²) in [6, 6.07) is 8.83. The molecule has 0 spiro atoms. The Morgan fingerprint density at radius 2 is 2.13 bits per heavy atom. The summed E-state index contributed by atoms with van der Waals surface area (Å²) in [5.74, 6) is 0.864. The Morgan fingerprint density at radius 1 is 1.30 bits per heavy atom. The summed E-state index contributed by atoms with van der Waals surface area (Å²) < 4.78 is 7.87. The van der Waals surface area contributed by atoms with Crippen molar-refractivity contribution in [2.75, 3.05) is 12.4 Å². The predicted molar refractivity (Wildman–Crippen MR) is 114 cm³/mol. The third-order valence-corrected chi connectivity index (χ3v) is 7.15. The lowest BCUT2D eigenvalue weighted by atomic mass is 9.91. The van der Waals surface area contributed by atoms with E-state index in [-0.39, 0.29) is 23.2 Å². The maximum Gasteiger partial charge on any atom is 0.324 e. The summed E-state index contributed by atoms with van der Waals surface area (Å²) in [7, 11) is 1.61. The molecule has 0 radical (unpaired) electrons. The number of aromatic nitrogens is 3. The number of methoxy groups -OCH3 is 1. The molecule has 11 heteroatoms. The number of nitrogens with zero attached hydrogens (tertiary/aromatic N) is 4. The minimum atomic E-state index is -0.413. The fourth-order valence-corrected chi connectivity index (χ4v) is 5.55. The minimum absolute atomic E-state index is 0.0581. The van der Waals surface area contributed by atoms with E-state index >= 15 is 0 Å². The van der Waals surface area contributed by atoms with Gasteiger partial charge in [0.05, 0.1) is 27.9 Å². The second-order valence-corrected chi connectivity index (χ2v) is 8.93. The van der Waals surface area contributed by atoms with Crippen molar-refractivity contribution in [1.82, 2.24) is 14.8 Å². The molecule has 0 saturated heterocycles. The smallest absolute Gasteiger partial charge is 0.324 e. The minimum Gasteiger partial charge on any atom is -0.497 e. The van der Waals surface area contributed by atoms with E-state index in [1.54, 1.807) is 17.9 Å². The number of ether oxygens (including phenoxy) is 1. The molecule has 30 heavy (non-hydrogen) atoms. The predicted octanol–water partition coefficient (Wildman–Crippen LogP) is 4.24. The number of nitro groups is 1. The van der Waals surface area contributed by atoms with Gasteiger partial charge < -0.3 is 10.1 Å². The van der Waals surface area contributed by atoms with Gasteiger partial charge in [-0.2, -0.15) is 9.78 Å². The summed E-state index contributed by atoms with van der Waals surface area (Å²) >= 11 is 2.54. The van der Waals surface area contributed by atoms with Crippen LogP contribution in [-0.4, -0.2) is 32.7 Å². The topological polar surface area (TPSA) is 112 Å². The second-order valence-electron chi connectivity index (χ2n) is 6.83. The number of benzene rings is 1. The monoisotopic (exact) mass is 441 g/mol. The van der Waals surface area contributed by atoms with E-state index in [2.05, 4.69) is 15.4 Å². The average molecular weight is 441 g/mol. The zero-order valence-electron chi connectivity index (χ0n) is 15.9. The Labute approximate surface area is 178 Å². The lowest BCUT2D eigenvalue weighted by Crippen LogP contribution is -2.24. The Bertz CT molecular complexity index is 1320. The molecule has 0 saturated carbocycles. The highest BCUT2D eigenvalue weighted by Crippen LogP contribution is 2.44. The second kappa shape index (κ2) is 6.89. The van der Waals surface area contributed by atoms with Gasteiger partial charge in [0.25, 0.3) is 0 Å². The van der Waals surface area contributed by atoms with E-state index in [4.69, 9.17) is 4.74 Å². The number of thiophene rings is 1. The van der Waals surface area contributed by atoms with E-state index in [0.29, 0.717) is 10.9 Å². The van der Waals surface area contributed by atoms with Gasteiger partial charge in [-0.3, -0.25) is 14.9 Å². The summed E-state index contributed by atoms with van der Waals surface area (Å²) in [6.07, 6.45) is 0.217. The average Bonchev–Trinajstić information content (AvgIpc) is 3.43. The maximum atomic E-state index is 12.5. The number of aryl methyl sites for hydroxylation is 1. The summed E-state index contributed by atoms with van der Waals surface area (Å²) in [4.78, 5) is 28.6. The van der Waals surface area contributed by atoms with Gasteiger partial charge in [-0.25, -0.2) is 4.98 Å². The number of rotatable bonds is 4. The van der Waals surface area contributed by atoms with Gasteiger partial charge in [-0.05, 0) is 31.2 Å². The number of amides is 1. The van der Waals surface area contributed by atoms with Gasteiger partial charge in [0.1, 0.15) is 11.6 Å². The highest BCUT2D eigenvalue weighted by Gasteiger charge is 2.34. The normalized spacial score (nSPS) is 15.8. The molecule has 1 aromatic carbocycles. The van der Waals surface area contributed by atoms with Crippen molar-refractivity contribution in [2.45, 2.75) is 19.3 Å². The van der Waals surface area contributed by atoms with Crippen molar-refractivity contribution in [3.63, 3.8) is 0 Å². The number of fused-ring (bicyclic) bond motifs is 2. The number of hydrogen-bond acceptors (Lipinski definition) is 8. The van der Waals surface area contributed by atoms with Gasteiger partial charge in [0, 0.05) is 28.8 Å². The van der Waals surface area contributed by atoms with Crippen LogP contribution in [0.5, 0.6) is 5.75 Å². The molecule has 1 unspecified atom stereocenters. The van der Waals surface area contributed by atoms with Crippen molar-refractivity contribution in [3.05, 3.63) is 56.6 Å². The molecule has 152 valence electrons. The molecular weight excluding hydrogens is 426 g/mol. The lowest BCUT2D eigenvalue weighted by Gasteiger charge is -2.22. The molecule has 3 aromatic heterocycles. The number of nitrogens with one attached hydrogen (secondary N) is 1. The van der Waals surface area contributed by atoms with E-state index < -0.39 is 4.92 Å². The van der Waals surface area contributed by atoms with Crippen LogP contribution in [0.1, 0.15) is 28.5 Å². The SMILES string of the molecule is COc1ccc2nc(-n3nc(C)c4c3NC(=O)CC4c3ccc([N+](=O)[O-])s3)sc2c1. The fourth-order valence-electron chi connectivity index (χ4n) is 3.67. The Kier molecular flexibility index (Phi) is 4.29. The van der Waals surface area contributed by atoms with Crippen molar-refractivity contribution < 1.29 is 14.5 Å². The van der Waals surface area contributed by atoms with Crippen molar-refractivity contribution >= 4 is 49.6 Å². The summed E-state index contributed by atoms with van der Waals surface area (Å²) in [5, 5.41) is 19.3. The van der Waals surface area contributed by atoms with E-state index in [9.17, 15) is 14.9 Å². The fraction of sp³-hybridized carbons (Fsp3) is 0.211. The molecule has 0 bridgehead atoms. The van der Waals surface area contributed by atoms with Crippen LogP contribution < -0.4 is 10.1 Å². The third kappa shape index (κ3) is 2.94. The summed E-state index contributed by atoms with van der Waals surface area (Å²) in [5.41, 5.74) is 2.43. The maximum absolute atomic E-state index is 12.5. The molecule has 1 N–H and O–H groups in total. The van der Waals surface area contributed by atoms with Crippen LogP contribution in [-0.2, 0) is 4.79 Å². The Hall–Kier alpha value is -3.31. The molecule has 4 aromatic rings. The van der Waals surface area contributed by atoms with E-state index in [1.807, 2.05) is 25.1 Å². The quantitative estimate of drug-likeness (QED) is 0.374. The molecule has 4 heterocycles. The van der Waals surface area contributed by atoms with Crippen LogP contribution >= 0.6 is 22.7 Å². The van der Waals surface area contributed by atoms with Crippen LogP contribution in [0.2, 0.25) is 0 Å². The highest BCUT2D eigenvalue weighted by molar-refractivity contribution is 7.20. The van der Waals surface area contributed by atoms with Crippen molar-refractivity contribution in [2.24, 2.45) is 0 Å². The van der Waals surface area contributed by atoms with Crippen molar-refractivity contribution in [1.29, 1.82) is 0 Å². The first-order valence-corrected chi connectivity index (χ1v) is 10.7. The first kappa shape index (κ1) is 18.7. The molecule has 1 atom stereocenters. The zero-order valence-corrected chi connectivity index (χ0v) is 17.5. The molecule has 1 aliphatic rings. The van der Waals surface area contributed by atoms with Crippen LogP contribution in [0.4, 0.5) is 10.8 Å². The lowest BCUT2D eigenvalue weighted by molar-refractivity contribution is -0.380. The van der Waals surface area contributed by atoms with Crippen LogP contribution in [0, 0.1) is 17.0 Å². The summed E-state index contributed by atoms with van der Waals surface area (Å²) in [6.45, 7) is 1.87. The van der Waals surface area contributed by atoms with Crippen LogP contribution in [0.25, 0.3) is 15.3 Å². The zero-order chi connectivity index (χ0) is 21.0. The molecule has 9 nitrogen and oxygen atoms in total. The first-order valence-electron chi connectivity index (χ1n) is 9.03.